The predicted molar refractivity (Wildman–Crippen MR) is 180 cm³/mol. The van der Waals surface area contributed by atoms with Crippen molar-refractivity contribution in [1.29, 1.82) is 0 Å². The summed E-state index contributed by atoms with van der Waals surface area (Å²) in [4.78, 5) is 54.2. The lowest BCUT2D eigenvalue weighted by molar-refractivity contribution is -0.143. The summed E-state index contributed by atoms with van der Waals surface area (Å²) in [7, 11) is 0. The minimum absolute atomic E-state index is 0.0510. The molecule has 0 radical (unpaired) electrons. The zero-order valence-corrected chi connectivity index (χ0v) is 27.3. The number of rotatable bonds is 7. The number of fused-ring (bicyclic) bond motifs is 3. The lowest BCUT2D eigenvalue weighted by Crippen LogP contribution is -2.46. The number of hydroxylamine groups is 1. The number of halogens is 1. The van der Waals surface area contributed by atoms with E-state index in [1.54, 1.807) is 29.2 Å². The average Bonchev–Trinajstić information content (AvgIpc) is 3.41. The number of amides is 2. The Kier molecular flexibility index (Phi) is 9.46. The van der Waals surface area contributed by atoms with Crippen molar-refractivity contribution >= 4 is 28.7 Å². The van der Waals surface area contributed by atoms with E-state index in [0.29, 0.717) is 36.1 Å². The summed E-state index contributed by atoms with van der Waals surface area (Å²) in [5.74, 6) is -1.18. The number of carbonyl (C=O) groups is 3. The lowest BCUT2D eigenvalue weighted by Gasteiger charge is -2.29. The van der Waals surface area contributed by atoms with Gasteiger partial charge in [-0.05, 0) is 80.0 Å². The van der Waals surface area contributed by atoms with Crippen molar-refractivity contribution in [2.24, 2.45) is 17.3 Å². The van der Waals surface area contributed by atoms with E-state index in [-0.39, 0.29) is 54.8 Å². The van der Waals surface area contributed by atoms with Gasteiger partial charge in [0.25, 0.3) is 5.91 Å². The number of nitrogens with zero attached hydrogens (tertiary/aromatic N) is 2. The van der Waals surface area contributed by atoms with E-state index in [1.165, 1.54) is 12.1 Å². The molecule has 4 aromatic rings. The first-order valence-corrected chi connectivity index (χ1v) is 17.2. The number of para-hydroxylation sites is 3. The van der Waals surface area contributed by atoms with E-state index in [4.69, 9.17) is 14.0 Å². The van der Waals surface area contributed by atoms with E-state index in [0.717, 1.165) is 31.2 Å². The first-order chi connectivity index (χ1) is 23.9. The van der Waals surface area contributed by atoms with Crippen molar-refractivity contribution in [3.05, 3.63) is 102 Å². The molecular weight excluding hydrogens is 625 g/mol. The highest BCUT2D eigenvalue weighted by atomic mass is 19.1. The third-order valence-electron chi connectivity index (χ3n) is 10.1. The van der Waals surface area contributed by atoms with Crippen LogP contribution in [0.3, 0.4) is 0 Å². The Morgan fingerprint density at radius 1 is 1.02 bits per heavy atom. The Hall–Kier alpha value is -4.99. The Bertz CT molecular complexity index is 1810. The molecule has 1 saturated carbocycles. The Labute approximate surface area is 284 Å². The van der Waals surface area contributed by atoms with Crippen LogP contribution >= 0.6 is 0 Å². The van der Waals surface area contributed by atoms with E-state index in [1.807, 2.05) is 42.5 Å². The number of hydrogen-bond donors (Lipinski definition) is 1. The highest BCUT2D eigenvalue weighted by molar-refractivity contribution is 5.96. The summed E-state index contributed by atoms with van der Waals surface area (Å²) >= 11 is 0. The van der Waals surface area contributed by atoms with Crippen molar-refractivity contribution in [2.75, 3.05) is 6.54 Å². The van der Waals surface area contributed by atoms with Crippen molar-refractivity contribution in [3.8, 4) is 11.8 Å². The molecule has 1 saturated heterocycles. The number of ketones is 1. The third kappa shape index (κ3) is 7.38. The summed E-state index contributed by atoms with van der Waals surface area (Å²) in [6.07, 6.45) is 8.85. The number of ether oxygens (including phenoxy) is 1. The van der Waals surface area contributed by atoms with E-state index >= 15 is 0 Å². The van der Waals surface area contributed by atoms with Gasteiger partial charge >= 0.3 is 6.08 Å². The second kappa shape index (κ2) is 14.2. The molecule has 1 aliphatic carbocycles. The van der Waals surface area contributed by atoms with Crippen molar-refractivity contribution in [3.63, 3.8) is 0 Å². The standard InChI is InChI=1S/C39H40FN3O6/c40-29-15-11-12-26(21-29)20-27-13-5-2-1-3-6-14-28-23-39(28,37(46)42-49-30-16-7-4-8-17-30)24-34(44)33-22-31(25-43(33)36(27)45)47-38-41-32-18-9-10-19-35(32)48-38/h4,6-12,14-19,21,27-28,31,33H,1-3,5,13,20,22-25H2,(H,42,46)/b14-6-/t27-,28+,31-,33+,39-/m1/s1. The number of aromatic nitrogens is 1. The first kappa shape index (κ1) is 32.6. The van der Waals surface area contributed by atoms with Crippen LogP contribution in [0.1, 0.15) is 56.9 Å². The molecule has 2 amide bonds. The van der Waals surface area contributed by atoms with E-state index < -0.39 is 23.5 Å². The molecule has 10 heteroatoms. The maximum Gasteiger partial charge on any atom is 0.394 e. The number of benzene rings is 3. The molecule has 1 N–H and O–H groups in total. The smallest absolute Gasteiger partial charge is 0.394 e. The molecule has 9 nitrogen and oxygen atoms in total. The highest BCUT2D eigenvalue weighted by Crippen LogP contribution is 2.57. The number of allylic oxidation sites excluding steroid dienone is 2. The van der Waals surface area contributed by atoms with Crippen LogP contribution in [0.2, 0.25) is 0 Å². The summed E-state index contributed by atoms with van der Waals surface area (Å²) in [5.41, 5.74) is 3.56. The van der Waals surface area contributed by atoms with Gasteiger partial charge in [0.15, 0.2) is 17.1 Å². The lowest BCUT2D eigenvalue weighted by atomic mass is 9.90. The Morgan fingerprint density at radius 2 is 1.86 bits per heavy atom. The van der Waals surface area contributed by atoms with Gasteiger partial charge in [-0.2, -0.15) is 10.5 Å². The number of nitrogens with one attached hydrogen (secondary N) is 1. The van der Waals surface area contributed by atoms with Gasteiger partial charge in [-0.3, -0.25) is 14.4 Å². The molecule has 0 spiro atoms. The number of oxazole rings is 1. The van der Waals surface area contributed by atoms with Gasteiger partial charge in [0.2, 0.25) is 5.91 Å². The van der Waals surface area contributed by atoms with Crippen LogP contribution in [0.15, 0.2) is 95.4 Å². The van der Waals surface area contributed by atoms with Gasteiger partial charge in [0, 0.05) is 18.8 Å². The molecule has 7 rings (SSSR count). The molecule has 49 heavy (non-hydrogen) atoms. The molecule has 2 aliphatic heterocycles. The molecule has 3 aromatic carbocycles. The van der Waals surface area contributed by atoms with Crippen molar-refractivity contribution < 1.29 is 32.8 Å². The zero-order chi connectivity index (χ0) is 33.8. The van der Waals surface area contributed by atoms with Crippen LogP contribution in [0.5, 0.6) is 11.8 Å². The van der Waals surface area contributed by atoms with Crippen LogP contribution < -0.4 is 15.1 Å². The molecule has 3 heterocycles. The third-order valence-corrected chi connectivity index (χ3v) is 10.1. The minimum atomic E-state index is -0.989. The number of hydrogen-bond acceptors (Lipinski definition) is 7. The zero-order valence-electron chi connectivity index (χ0n) is 27.3. The van der Waals surface area contributed by atoms with Crippen LogP contribution in [0.4, 0.5) is 4.39 Å². The largest absolute Gasteiger partial charge is 0.445 e. The Morgan fingerprint density at radius 3 is 2.69 bits per heavy atom. The van der Waals surface area contributed by atoms with Gasteiger partial charge in [0.1, 0.15) is 17.4 Å². The van der Waals surface area contributed by atoms with Crippen molar-refractivity contribution in [1.82, 2.24) is 15.4 Å². The fourth-order valence-electron chi connectivity index (χ4n) is 7.32. The van der Waals surface area contributed by atoms with E-state index in [2.05, 4.69) is 22.6 Å². The summed E-state index contributed by atoms with van der Waals surface area (Å²) in [6.45, 7) is 0.160. The monoisotopic (exact) mass is 665 g/mol. The minimum Gasteiger partial charge on any atom is -0.445 e. The fourth-order valence-corrected chi connectivity index (χ4v) is 7.32. The summed E-state index contributed by atoms with van der Waals surface area (Å²) in [6, 6.07) is 21.8. The maximum atomic E-state index is 14.5. The summed E-state index contributed by atoms with van der Waals surface area (Å²) < 4.78 is 26.2. The molecule has 0 unspecified atom stereocenters. The fraction of sp³-hybridized carbons (Fsp3) is 0.385. The van der Waals surface area contributed by atoms with Gasteiger partial charge in [-0.25, -0.2) is 4.39 Å². The topological polar surface area (TPSA) is 111 Å². The highest BCUT2D eigenvalue weighted by Gasteiger charge is 2.61. The second-order valence-electron chi connectivity index (χ2n) is 13.5. The van der Waals surface area contributed by atoms with Crippen LogP contribution in [-0.2, 0) is 20.8 Å². The molecular formula is C39H40FN3O6. The molecule has 2 fully saturated rings. The van der Waals surface area contributed by atoms with Crippen molar-refractivity contribution in [2.45, 2.75) is 69.9 Å². The molecule has 254 valence electrons. The van der Waals surface area contributed by atoms with Gasteiger partial charge in [-0.15, -0.1) is 0 Å². The normalized spacial score (nSPS) is 26.6. The predicted octanol–water partition coefficient (Wildman–Crippen LogP) is 6.77. The van der Waals surface area contributed by atoms with Gasteiger partial charge < -0.3 is 18.9 Å². The number of carbonyl (C=O) groups excluding carboxylic acids is 3. The second-order valence-corrected chi connectivity index (χ2v) is 13.5. The maximum absolute atomic E-state index is 14.5. The SMILES string of the molecule is O=C1C[C@]2(C(=O)NOc3ccccc3)C[C@@H]2/C=C\CCCCC[C@H](Cc2cccc(F)c2)C(=O)N2C[C@H](Oc3nc4ccccc4o3)C[C@@H]12. The average molecular weight is 666 g/mol. The van der Waals surface area contributed by atoms with Gasteiger partial charge in [0.05, 0.1) is 18.0 Å². The molecule has 1 aromatic heterocycles. The Balaban J connectivity index is 1.16. The van der Waals surface area contributed by atoms with Crippen LogP contribution in [0.25, 0.3) is 11.1 Å². The summed E-state index contributed by atoms with van der Waals surface area (Å²) in [5, 5.41) is 0. The van der Waals surface area contributed by atoms with Crippen LogP contribution in [-0.4, -0.2) is 46.2 Å². The van der Waals surface area contributed by atoms with Crippen LogP contribution in [0, 0.1) is 23.1 Å². The van der Waals surface area contributed by atoms with Gasteiger partial charge in [-0.1, -0.05) is 67.5 Å². The molecule has 0 bridgehead atoms. The molecule has 3 aliphatic rings. The number of Topliss-reactive ketones (excluding diaryl/α,β-unsaturated/α-hetero) is 1. The first-order valence-electron chi connectivity index (χ1n) is 17.2. The quantitative estimate of drug-likeness (QED) is 0.171. The molecule has 5 atom stereocenters. The van der Waals surface area contributed by atoms with E-state index in [9.17, 15) is 18.8 Å².